The molecule has 0 aliphatic carbocycles. The number of halogens is 5. The van der Waals surface area contributed by atoms with Crippen molar-refractivity contribution in [3.63, 3.8) is 0 Å². The van der Waals surface area contributed by atoms with Crippen LogP contribution in [-0.4, -0.2) is 24.7 Å². The summed E-state index contributed by atoms with van der Waals surface area (Å²) in [6.07, 6.45) is -3.99. The second-order valence-electron chi connectivity index (χ2n) is 8.53. The molecule has 12 heteroatoms. The number of ketones is 1. The second-order valence-corrected chi connectivity index (χ2v) is 9.38. The average Bonchev–Trinajstić information content (AvgIpc) is 2.85. The molecular weight excluding hydrogens is 571 g/mol. The van der Waals surface area contributed by atoms with Gasteiger partial charge in [-0.15, -0.1) is 13.2 Å². The van der Waals surface area contributed by atoms with Crippen LogP contribution in [0, 0.1) is 0 Å². The molecule has 6 nitrogen and oxygen atoms in total. The van der Waals surface area contributed by atoms with Gasteiger partial charge in [0, 0.05) is 40.5 Å². The van der Waals surface area contributed by atoms with E-state index in [9.17, 15) is 27.9 Å². The van der Waals surface area contributed by atoms with Gasteiger partial charge in [0.1, 0.15) is 23.0 Å². The van der Waals surface area contributed by atoms with Crippen LogP contribution in [0.25, 0.3) is 0 Å². The van der Waals surface area contributed by atoms with E-state index < -0.39 is 18.2 Å². The van der Waals surface area contributed by atoms with Crippen LogP contribution in [0.2, 0.25) is 10.0 Å². The Labute approximate surface area is 254 Å². The Bertz CT molecular complexity index is 1350. The smallest absolute Gasteiger partial charge is 0.549 e. The Morgan fingerprint density at radius 3 is 2.41 bits per heavy atom. The predicted molar refractivity (Wildman–Crippen MR) is 131 cm³/mol. The minimum atomic E-state index is -4.85. The van der Waals surface area contributed by atoms with Crippen LogP contribution in [0.4, 0.5) is 13.2 Å². The molecule has 0 fully saturated rings. The molecule has 200 valence electrons. The number of hydrogen-bond donors (Lipinski definition) is 0. The molecule has 1 aliphatic heterocycles. The van der Waals surface area contributed by atoms with Gasteiger partial charge >= 0.3 is 35.9 Å². The van der Waals surface area contributed by atoms with Gasteiger partial charge in [-0.25, -0.2) is 0 Å². The maximum atomic E-state index is 12.7. The molecule has 39 heavy (non-hydrogen) atoms. The molecule has 1 heterocycles. The minimum Gasteiger partial charge on any atom is -0.549 e. The zero-order chi connectivity index (χ0) is 27.4. The standard InChI is InChI=1S/C27H21Cl2F3O6.Na/c28-17-7-4-16(23(12-17)38-27(30,31)32)2-1-3-22(33)15-5-8-18(9-6-15)37-25-14-24-20(13-21(25)29)19(26(34)35)10-11-36-24;/h4-9,12-14,19H,1-3,10-11H2,(H,34,35);/q;+1/p-1. The first-order valence-electron chi connectivity index (χ1n) is 11.5. The fourth-order valence-corrected chi connectivity index (χ4v) is 4.46. The number of carboxylic acid groups (broad SMARTS) is 1. The number of benzene rings is 3. The molecule has 1 aliphatic rings. The summed E-state index contributed by atoms with van der Waals surface area (Å²) in [6, 6.07) is 13.3. The summed E-state index contributed by atoms with van der Waals surface area (Å²) in [5.41, 5.74) is 1.11. The van der Waals surface area contributed by atoms with Crippen LogP contribution >= 0.6 is 23.2 Å². The van der Waals surface area contributed by atoms with Gasteiger partial charge in [-0.1, -0.05) is 29.3 Å². The summed E-state index contributed by atoms with van der Waals surface area (Å²) in [5.74, 6) is -1.63. The SMILES string of the molecule is O=C(CCCc1ccc(Cl)cc1OC(F)(F)F)c1ccc(Oc2cc3c(cc2Cl)C(C(=O)[O-])CCO3)cc1.[Na+]. The zero-order valence-electron chi connectivity index (χ0n) is 20.6. The van der Waals surface area contributed by atoms with Crippen molar-refractivity contribution in [3.8, 4) is 23.0 Å². The number of rotatable bonds is 9. The Morgan fingerprint density at radius 1 is 1.03 bits per heavy atom. The van der Waals surface area contributed by atoms with Gasteiger partial charge in [-0.3, -0.25) is 4.79 Å². The fourth-order valence-electron chi connectivity index (χ4n) is 4.09. The van der Waals surface area contributed by atoms with E-state index in [-0.39, 0.29) is 82.8 Å². The van der Waals surface area contributed by atoms with Gasteiger partial charge in [0.25, 0.3) is 0 Å². The van der Waals surface area contributed by atoms with Crippen LogP contribution in [0.15, 0.2) is 54.6 Å². The maximum absolute atomic E-state index is 12.7. The molecule has 3 aromatic rings. The monoisotopic (exact) mass is 590 g/mol. The molecule has 0 radical (unpaired) electrons. The van der Waals surface area contributed by atoms with Crippen molar-refractivity contribution in [2.75, 3.05) is 6.61 Å². The molecule has 0 aromatic heterocycles. The first-order chi connectivity index (χ1) is 18.0. The first kappa shape index (κ1) is 31.1. The van der Waals surface area contributed by atoms with Crippen molar-refractivity contribution < 1.29 is 71.6 Å². The van der Waals surface area contributed by atoms with Crippen molar-refractivity contribution in [1.82, 2.24) is 0 Å². The van der Waals surface area contributed by atoms with Crippen LogP contribution in [-0.2, 0) is 11.2 Å². The third-order valence-corrected chi connectivity index (χ3v) is 6.43. The van der Waals surface area contributed by atoms with Gasteiger partial charge in [0.05, 0.1) is 11.6 Å². The first-order valence-corrected chi connectivity index (χ1v) is 12.3. The Kier molecular flexibility index (Phi) is 10.6. The summed E-state index contributed by atoms with van der Waals surface area (Å²) in [5, 5.41) is 11.7. The van der Waals surface area contributed by atoms with Crippen molar-refractivity contribution in [3.05, 3.63) is 81.3 Å². The topological polar surface area (TPSA) is 84.9 Å². The summed E-state index contributed by atoms with van der Waals surface area (Å²) >= 11 is 12.1. The normalized spacial score (nSPS) is 14.4. The zero-order valence-corrected chi connectivity index (χ0v) is 24.2. The average molecular weight is 591 g/mol. The third-order valence-electron chi connectivity index (χ3n) is 5.90. The number of hydrogen-bond acceptors (Lipinski definition) is 6. The largest absolute Gasteiger partial charge is 1.00 e. The number of Topliss-reactive ketones (excluding diaryl/α,β-unsaturated/α-hetero) is 1. The second kappa shape index (κ2) is 13.3. The molecule has 0 amide bonds. The molecule has 3 aromatic carbocycles. The number of aryl methyl sites for hydroxylation is 1. The number of alkyl halides is 3. The van der Waals surface area contributed by atoms with E-state index in [1.165, 1.54) is 24.3 Å². The van der Waals surface area contributed by atoms with Crippen molar-refractivity contribution in [2.24, 2.45) is 0 Å². The van der Waals surface area contributed by atoms with Crippen LogP contribution < -0.4 is 48.9 Å². The van der Waals surface area contributed by atoms with E-state index in [4.69, 9.17) is 32.7 Å². The molecule has 0 bridgehead atoms. The molecule has 1 unspecified atom stereocenters. The number of carbonyl (C=O) groups is 2. The molecular formula is C27H20Cl2F3NaO6. The molecule has 4 rings (SSSR count). The van der Waals surface area contributed by atoms with E-state index in [0.29, 0.717) is 34.6 Å². The summed E-state index contributed by atoms with van der Waals surface area (Å²) in [6.45, 7) is 0.220. The van der Waals surface area contributed by atoms with Crippen LogP contribution in [0.3, 0.4) is 0 Å². The van der Waals surface area contributed by atoms with E-state index >= 15 is 0 Å². The van der Waals surface area contributed by atoms with Gasteiger partial charge in [-0.05, 0) is 67.3 Å². The van der Waals surface area contributed by atoms with Crippen LogP contribution in [0.1, 0.15) is 46.7 Å². The Balaban J connectivity index is 0.00000420. The van der Waals surface area contributed by atoms with Gasteiger partial charge in [-0.2, -0.15) is 0 Å². The predicted octanol–water partition coefficient (Wildman–Crippen LogP) is 3.51. The van der Waals surface area contributed by atoms with Gasteiger partial charge < -0.3 is 24.1 Å². The molecule has 0 N–H and O–H groups in total. The third kappa shape index (κ3) is 8.28. The molecule has 0 saturated heterocycles. The quantitative estimate of drug-likeness (QED) is 0.280. The van der Waals surface area contributed by atoms with Gasteiger partial charge in [0.15, 0.2) is 5.78 Å². The summed E-state index contributed by atoms with van der Waals surface area (Å²) in [4.78, 5) is 24.0. The molecule has 0 saturated carbocycles. The van der Waals surface area contributed by atoms with Crippen molar-refractivity contribution in [1.29, 1.82) is 0 Å². The maximum Gasteiger partial charge on any atom is 1.00 e. The van der Waals surface area contributed by atoms with Crippen molar-refractivity contribution in [2.45, 2.75) is 38.0 Å². The number of carboxylic acids is 1. The van der Waals surface area contributed by atoms with E-state index in [0.717, 1.165) is 6.07 Å². The van der Waals surface area contributed by atoms with E-state index in [1.54, 1.807) is 24.3 Å². The number of aliphatic carboxylic acids is 1. The van der Waals surface area contributed by atoms with E-state index in [2.05, 4.69) is 4.74 Å². The minimum absolute atomic E-state index is 0. The van der Waals surface area contributed by atoms with E-state index in [1.807, 2.05) is 0 Å². The fraction of sp³-hybridized carbons (Fsp3) is 0.259. The Morgan fingerprint density at radius 2 is 1.74 bits per heavy atom. The molecule has 0 spiro atoms. The Hall–Kier alpha value is -2.43. The summed E-state index contributed by atoms with van der Waals surface area (Å²) < 4.78 is 53.4. The number of carbonyl (C=O) groups excluding carboxylic acids is 2. The number of fused-ring (bicyclic) bond motifs is 1. The van der Waals surface area contributed by atoms with Gasteiger partial charge in [0.2, 0.25) is 0 Å². The summed E-state index contributed by atoms with van der Waals surface area (Å²) in [7, 11) is 0. The van der Waals surface area contributed by atoms with Crippen molar-refractivity contribution >= 4 is 35.0 Å². The van der Waals surface area contributed by atoms with Crippen LogP contribution in [0.5, 0.6) is 23.0 Å². The molecule has 1 atom stereocenters. The number of ether oxygens (including phenoxy) is 3.